The number of halogens is 3. The molecule has 3 aromatic rings. The monoisotopic (exact) mass is 500 g/mol. The van der Waals surface area contributed by atoms with E-state index in [1.165, 1.54) is 10.6 Å². The molecule has 11 heteroatoms. The van der Waals surface area contributed by atoms with Gasteiger partial charge in [0, 0.05) is 31.3 Å². The second kappa shape index (κ2) is 7.47. The van der Waals surface area contributed by atoms with E-state index in [9.17, 15) is 18.0 Å². The fraction of sp³-hybridized carbons (Fsp3) is 0.560. The molecule has 4 fully saturated rings. The molecule has 190 valence electrons. The van der Waals surface area contributed by atoms with Crippen LogP contribution in [0, 0.1) is 19.3 Å². The van der Waals surface area contributed by atoms with Gasteiger partial charge in [0.15, 0.2) is 5.65 Å². The van der Waals surface area contributed by atoms with E-state index in [1.54, 1.807) is 19.3 Å². The van der Waals surface area contributed by atoms with Crippen molar-refractivity contribution in [1.29, 1.82) is 0 Å². The molecular formula is C25H27F3N6O2. The fourth-order valence-electron chi connectivity index (χ4n) is 6.06. The molecule has 0 amide bonds. The maximum absolute atomic E-state index is 13.6. The molecule has 1 aliphatic heterocycles. The van der Waals surface area contributed by atoms with Gasteiger partial charge >= 0.3 is 6.18 Å². The molecule has 3 aliphatic carbocycles. The van der Waals surface area contributed by atoms with Crippen molar-refractivity contribution >= 4 is 17.1 Å². The summed E-state index contributed by atoms with van der Waals surface area (Å²) in [5.41, 5.74) is 1.41. The molecule has 0 radical (unpaired) electrons. The number of ether oxygens (including phenoxy) is 1. The van der Waals surface area contributed by atoms with Crippen LogP contribution in [0.2, 0.25) is 0 Å². The van der Waals surface area contributed by atoms with E-state index in [0.29, 0.717) is 41.6 Å². The Kier molecular flexibility index (Phi) is 4.84. The quantitative estimate of drug-likeness (QED) is 0.542. The first kappa shape index (κ1) is 23.3. The van der Waals surface area contributed by atoms with Gasteiger partial charge in [-0.25, -0.2) is 15.0 Å². The number of alkyl halides is 3. The summed E-state index contributed by atoms with van der Waals surface area (Å²) in [4.78, 5) is 32.7. The largest absolute Gasteiger partial charge is 0.394 e. The van der Waals surface area contributed by atoms with Crippen molar-refractivity contribution in [3.63, 3.8) is 0 Å². The van der Waals surface area contributed by atoms with Crippen molar-refractivity contribution in [3.05, 3.63) is 51.3 Å². The van der Waals surface area contributed by atoms with Crippen LogP contribution in [0.5, 0.6) is 0 Å². The highest BCUT2D eigenvalue weighted by molar-refractivity contribution is 5.77. The van der Waals surface area contributed by atoms with Crippen LogP contribution in [0.1, 0.15) is 54.9 Å². The van der Waals surface area contributed by atoms with Crippen LogP contribution < -0.4 is 10.5 Å². The third-order valence-electron chi connectivity index (χ3n) is 8.09. The molecule has 3 saturated carbocycles. The number of anilines is 1. The van der Waals surface area contributed by atoms with Crippen LogP contribution in [0.15, 0.2) is 23.1 Å². The average molecular weight is 501 g/mol. The van der Waals surface area contributed by atoms with Crippen LogP contribution in [-0.4, -0.2) is 49.9 Å². The van der Waals surface area contributed by atoms with E-state index in [1.807, 2.05) is 25.7 Å². The number of hydrogen-bond acceptors (Lipinski definition) is 7. The molecule has 0 N–H and O–H groups in total. The SMILES string of the molecule is Cc1nc2nc(N3C[C@@H](C)O[C@@H](c4ccc(=O)n(C)c4)C3)nc(C34CC(C(F)(F)F)(C3)C4)c2nc1C. The molecule has 8 nitrogen and oxygen atoms in total. The molecule has 4 heterocycles. The Morgan fingerprint density at radius 1 is 1.03 bits per heavy atom. The maximum Gasteiger partial charge on any atom is 0.394 e. The van der Waals surface area contributed by atoms with E-state index in [4.69, 9.17) is 14.7 Å². The van der Waals surface area contributed by atoms with Gasteiger partial charge in [-0.15, -0.1) is 0 Å². The van der Waals surface area contributed by atoms with Crippen molar-refractivity contribution < 1.29 is 17.9 Å². The topological polar surface area (TPSA) is 86.0 Å². The number of hydrogen-bond donors (Lipinski definition) is 0. The third-order valence-corrected chi connectivity index (χ3v) is 8.09. The first-order valence-electron chi connectivity index (χ1n) is 12.1. The molecule has 2 atom stereocenters. The molecule has 7 rings (SSSR count). The minimum absolute atomic E-state index is 0.0316. The Hall–Kier alpha value is -3.08. The van der Waals surface area contributed by atoms with Crippen LogP contribution in [0.3, 0.4) is 0 Å². The summed E-state index contributed by atoms with van der Waals surface area (Å²) in [6.45, 7) is 6.58. The van der Waals surface area contributed by atoms with E-state index in [0.717, 1.165) is 11.3 Å². The van der Waals surface area contributed by atoms with Crippen molar-refractivity contribution in [2.75, 3.05) is 18.0 Å². The second-order valence-corrected chi connectivity index (χ2v) is 10.8. The first-order valence-corrected chi connectivity index (χ1v) is 12.1. The lowest BCUT2D eigenvalue weighted by Crippen LogP contribution is -2.70. The fourth-order valence-corrected chi connectivity index (χ4v) is 6.06. The van der Waals surface area contributed by atoms with Gasteiger partial charge in [-0.3, -0.25) is 4.79 Å². The molecule has 2 bridgehead atoms. The van der Waals surface area contributed by atoms with Crippen LogP contribution in [0.25, 0.3) is 11.2 Å². The van der Waals surface area contributed by atoms with Gasteiger partial charge in [0.25, 0.3) is 0 Å². The lowest BCUT2D eigenvalue weighted by molar-refractivity contribution is -0.337. The van der Waals surface area contributed by atoms with Crippen molar-refractivity contribution in [1.82, 2.24) is 24.5 Å². The highest BCUT2D eigenvalue weighted by Crippen LogP contribution is 2.78. The number of rotatable bonds is 3. The Labute approximate surface area is 205 Å². The normalized spacial score (nSPS) is 29.7. The summed E-state index contributed by atoms with van der Waals surface area (Å²) in [5, 5.41) is 0. The molecule has 0 unspecified atom stereocenters. The summed E-state index contributed by atoms with van der Waals surface area (Å²) >= 11 is 0. The van der Waals surface area contributed by atoms with Gasteiger partial charge in [0.05, 0.1) is 35.1 Å². The van der Waals surface area contributed by atoms with E-state index < -0.39 is 17.0 Å². The van der Waals surface area contributed by atoms with Gasteiger partial charge in [0.2, 0.25) is 11.5 Å². The van der Waals surface area contributed by atoms with Crippen molar-refractivity contribution in [3.8, 4) is 0 Å². The van der Waals surface area contributed by atoms with Gasteiger partial charge < -0.3 is 14.2 Å². The van der Waals surface area contributed by atoms with Crippen LogP contribution in [0.4, 0.5) is 19.1 Å². The number of fused-ring (bicyclic) bond motifs is 1. The minimum atomic E-state index is -4.21. The Balaban J connectivity index is 1.40. The number of nitrogens with zero attached hydrogens (tertiary/aromatic N) is 6. The predicted octanol–water partition coefficient (Wildman–Crippen LogP) is 3.69. The van der Waals surface area contributed by atoms with E-state index in [-0.39, 0.29) is 37.0 Å². The van der Waals surface area contributed by atoms with Gasteiger partial charge in [-0.05, 0) is 51.7 Å². The molecular weight excluding hydrogens is 473 g/mol. The zero-order valence-electron chi connectivity index (χ0n) is 20.6. The van der Waals surface area contributed by atoms with Gasteiger partial charge in [-0.2, -0.15) is 18.2 Å². The zero-order chi connectivity index (χ0) is 25.6. The maximum atomic E-state index is 13.6. The highest BCUT2D eigenvalue weighted by atomic mass is 19.4. The smallest absolute Gasteiger partial charge is 0.367 e. The molecule has 3 aromatic heterocycles. The Bertz CT molecular complexity index is 1430. The lowest BCUT2D eigenvalue weighted by Gasteiger charge is -2.70. The van der Waals surface area contributed by atoms with E-state index >= 15 is 0 Å². The molecule has 4 aliphatic rings. The lowest BCUT2D eigenvalue weighted by atomic mass is 9.34. The Morgan fingerprint density at radius 3 is 2.39 bits per heavy atom. The standard InChI is InChI=1S/C25H27F3N6O2/c1-13-7-34(9-17(36-13)16-5-6-18(35)33(4)8-16)22-31-20(19-21(32-22)30-15(3)14(2)29-19)23-10-24(11-23,12-23)25(26,27)28/h5-6,8,13,17H,7,9-12H2,1-4H3/t13-,17-,23?,24?/m1/s1. The van der Waals surface area contributed by atoms with Crippen molar-refractivity contribution in [2.24, 2.45) is 12.5 Å². The number of pyridine rings is 1. The second-order valence-electron chi connectivity index (χ2n) is 10.8. The van der Waals surface area contributed by atoms with Crippen LogP contribution in [-0.2, 0) is 17.2 Å². The minimum Gasteiger partial charge on any atom is -0.367 e. The summed E-state index contributed by atoms with van der Waals surface area (Å²) in [7, 11) is 1.69. The van der Waals surface area contributed by atoms with Crippen molar-refractivity contribution in [2.45, 2.75) is 63.8 Å². The summed E-state index contributed by atoms with van der Waals surface area (Å²) < 4.78 is 48.5. The number of aromatic nitrogens is 5. The highest BCUT2D eigenvalue weighted by Gasteiger charge is 2.79. The predicted molar refractivity (Wildman–Crippen MR) is 126 cm³/mol. The molecule has 0 aromatic carbocycles. The Morgan fingerprint density at radius 2 is 1.72 bits per heavy atom. The first-order chi connectivity index (χ1) is 16.9. The zero-order valence-corrected chi connectivity index (χ0v) is 20.6. The van der Waals surface area contributed by atoms with Gasteiger partial charge in [0.1, 0.15) is 11.6 Å². The number of morpholine rings is 1. The molecule has 36 heavy (non-hydrogen) atoms. The summed E-state index contributed by atoms with van der Waals surface area (Å²) in [5.74, 6) is 0.422. The third kappa shape index (κ3) is 3.35. The van der Waals surface area contributed by atoms with Gasteiger partial charge in [-0.1, -0.05) is 0 Å². The van der Waals surface area contributed by atoms with E-state index in [2.05, 4.69) is 9.97 Å². The molecule has 0 spiro atoms. The summed E-state index contributed by atoms with van der Waals surface area (Å²) in [6.07, 6.45) is -2.83. The summed E-state index contributed by atoms with van der Waals surface area (Å²) in [6, 6.07) is 3.26. The van der Waals surface area contributed by atoms with Crippen LogP contribution >= 0.6 is 0 Å². The average Bonchev–Trinajstić information content (AvgIpc) is 2.73. The molecule has 1 saturated heterocycles. The number of aryl methyl sites for hydroxylation is 3.